The van der Waals surface area contributed by atoms with Crippen LogP contribution in [0.5, 0.6) is 0 Å². The van der Waals surface area contributed by atoms with Crippen LogP contribution < -0.4 is 0 Å². The molecule has 0 aromatic carbocycles. The van der Waals surface area contributed by atoms with E-state index in [2.05, 4.69) is 10.9 Å². The Morgan fingerprint density at radius 1 is 1.46 bits per heavy atom. The van der Waals surface area contributed by atoms with E-state index in [0.717, 1.165) is 5.56 Å². The zero-order valence-corrected chi connectivity index (χ0v) is 7.49. The Morgan fingerprint density at radius 2 is 2.08 bits per heavy atom. The number of aromatic nitrogens is 1. The molecule has 5 heteroatoms. The van der Waals surface area contributed by atoms with Gasteiger partial charge in [-0.05, 0) is 11.6 Å². The minimum absolute atomic E-state index is 0.674. The SMILES string of the molecule is C#CCc1cccnc1.O=S(=O)=O. The third-order valence-corrected chi connectivity index (χ3v) is 1.03. The molecule has 0 aliphatic rings. The Bertz CT molecular complexity index is 369. The predicted molar refractivity (Wildman–Crippen MR) is 46.5 cm³/mol. The second kappa shape index (κ2) is 7.00. The summed E-state index contributed by atoms with van der Waals surface area (Å²) in [6, 6.07) is 3.85. The van der Waals surface area contributed by atoms with Gasteiger partial charge in [-0.3, -0.25) is 4.98 Å². The van der Waals surface area contributed by atoms with E-state index >= 15 is 0 Å². The summed E-state index contributed by atoms with van der Waals surface area (Å²) in [5.74, 6) is 2.54. The molecule has 0 atom stereocenters. The average Bonchev–Trinajstić information content (AvgIpc) is 2.06. The summed E-state index contributed by atoms with van der Waals surface area (Å²) >= 11 is 0. The number of nitrogens with zero attached hydrogens (tertiary/aromatic N) is 1. The molecule has 1 aromatic rings. The zero-order chi connectivity index (χ0) is 10.1. The smallest absolute Gasteiger partial charge is 0.264 e. The summed E-state index contributed by atoms with van der Waals surface area (Å²) in [5, 5.41) is 0. The number of hydrogen-bond acceptors (Lipinski definition) is 4. The first-order chi connectivity index (χ1) is 6.16. The highest BCUT2D eigenvalue weighted by atomic mass is 32.2. The fourth-order valence-electron chi connectivity index (χ4n) is 0.621. The summed E-state index contributed by atoms with van der Waals surface area (Å²) < 4.78 is 25.3. The molecular formula is C8H7NO3S. The molecule has 1 heterocycles. The van der Waals surface area contributed by atoms with Crippen LogP contribution in [0.15, 0.2) is 24.5 Å². The monoisotopic (exact) mass is 197 g/mol. The summed E-state index contributed by atoms with van der Waals surface area (Å²) in [4.78, 5) is 3.91. The Labute approximate surface area is 77.7 Å². The first kappa shape index (κ1) is 11.3. The lowest BCUT2D eigenvalue weighted by molar-refractivity contribution is 0.559. The lowest BCUT2D eigenvalue weighted by Gasteiger charge is -1.88. The van der Waals surface area contributed by atoms with Gasteiger partial charge in [-0.15, -0.1) is 25.0 Å². The van der Waals surface area contributed by atoms with Gasteiger partial charge in [0.15, 0.2) is 0 Å². The Kier molecular flexibility index (Phi) is 6.11. The van der Waals surface area contributed by atoms with E-state index < -0.39 is 10.6 Å². The molecule has 4 nitrogen and oxygen atoms in total. The highest BCUT2D eigenvalue weighted by molar-refractivity contribution is 7.59. The van der Waals surface area contributed by atoms with Crippen molar-refractivity contribution < 1.29 is 12.6 Å². The van der Waals surface area contributed by atoms with Crippen LogP contribution in [0.1, 0.15) is 5.56 Å². The van der Waals surface area contributed by atoms with Crippen LogP contribution in [0.3, 0.4) is 0 Å². The minimum Gasteiger partial charge on any atom is -0.264 e. The van der Waals surface area contributed by atoms with Crippen LogP contribution in [0.2, 0.25) is 0 Å². The quantitative estimate of drug-likeness (QED) is 0.605. The van der Waals surface area contributed by atoms with Gasteiger partial charge in [0.1, 0.15) is 0 Å². The van der Waals surface area contributed by atoms with Crippen molar-refractivity contribution in [2.75, 3.05) is 0 Å². The lowest BCUT2D eigenvalue weighted by Crippen LogP contribution is -1.79. The van der Waals surface area contributed by atoms with Gasteiger partial charge in [0.05, 0.1) is 0 Å². The Balaban J connectivity index is 0.000000310. The van der Waals surface area contributed by atoms with Crippen molar-refractivity contribution in [2.24, 2.45) is 0 Å². The first-order valence-electron chi connectivity index (χ1n) is 3.26. The molecule has 0 aliphatic heterocycles. The molecule has 0 bridgehead atoms. The van der Waals surface area contributed by atoms with E-state index in [0.29, 0.717) is 6.42 Å². The molecule has 0 spiro atoms. The van der Waals surface area contributed by atoms with E-state index in [9.17, 15) is 0 Å². The molecular weight excluding hydrogens is 190 g/mol. The van der Waals surface area contributed by atoms with Gasteiger partial charge >= 0.3 is 10.6 Å². The van der Waals surface area contributed by atoms with Crippen LogP contribution in [0.4, 0.5) is 0 Å². The van der Waals surface area contributed by atoms with E-state index in [-0.39, 0.29) is 0 Å². The topological polar surface area (TPSA) is 64.1 Å². The van der Waals surface area contributed by atoms with Crippen molar-refractivity contribution in [1.82, 2.24) is 4.98 Å². The number of rotatable bonds is 1. The van der Waals surface area contributed by atoms with Gasteiger partial charge in [-0.25, -0.2) is 0 Å². The highest BCUT2D eigenvalue weighted by Crippen LogP contribution is 1.93. The zero-order valence-electron chi connectivity index (χ0n) is 6.67. The molecule has 0 radical (unpaired) electrons. The molecule has 0 aliphatic carbocycles. The number of terminal acetylenes is 1. The van der Waals surface area contributed by atoms with Crippen molar-refractivity contribution in [3.8, 4) is 12.3 Å². The van der Waals surface area contributed by atoms with E-state index in [1.807, 2.05) is 12.1 Å². The summed E-state index contributed by atoms with van der Waals surface area (Å²) in [6.45, 7) is 0. The van der Waals surface area contributed by atoms with E-state index in [1.54, 1.807) is 12.4 Å². The van der Waals surface area contributed by atoms with Crippen molar-refractivity contribution >= 4 is 10.6 Å². The number of pyridine rings is 1. The fourth-order valence-corrected chi connectivity index (χ4v) is 0.621. The molecule has 0 saturated heterocycles. The van der Waals surface area contributed by atoms with Crippen molar-refractivity contribution in [2.45, 2.75) is 6.42 Å². The molecule has 13 heavy (non-hydrogen) atoms. The molecule has 0 N–H and O–H groups in total. The second-order valence-corrected chi connectivity index (χ2v) is 2.35. The maximum absolute atomic E-state index is 8.44. The minimum atomic E-state index is -3.11. The van der Waals surface area contributed by atoms with Crippen LogP contribution in [-0.4, -0.2) is 17.6 Å². The highest BCUT2D eigenvalue weighted by Gasteiger charge is 1.83. The number of hydrogen-bond donors (Lipinski definition) is 0. The van der Waals surface area contributed by atoms with Gasteiger partial charge in [-0.1, -0.05) is 6.07 Å². The van der Waals surface area contributed by atoms with Crippen LogP contribution in [-0.2, 0) is 17.0 Å². The van der Waals surface area contributed by atoms with Gasteiger partial charge in [0.2, 0.25) is 0 Å². The van der Waals surface area contributed by atoms with E-state index in [1.165, 1.54) is 0 Å². The van der Waals surface area contributed by atoms with Crippen LogP contribution in [0, 0.1) is 12.3 Å². The fraction of sp³-hybridized carbons (Fsp3) is 0.125. The van der Waals surface area contributed by atoms with Crippen LogP contribution in [0.25, 0.3) is 0 Å². The first-order valence-corrected chi connectivity index (χ1v) is 4.26. The summed E-state index contributed by atoms with van der Waals surface area (Å²) in [7, 11) is -3.11. The Hall–Kier alpha value is -1.67. The molecule has 68 valence electrons. The van der Waals surface area contributed by atoms with Gasteiger partial charge in [0.25, 0.3) is 0 Å². The maximum Gasteiger partial charge on any atom is 0.425 e. The van der Waals surface area contributed by atoms with Crippen LogP contribution >= 0.6 is 0 Å². The molecule has 0 amide bonds. The summed E-state index contributed by atoms with van der Waals surface area (Å²) in [5.41, 5.74) is 1.10. The third kappa shape index (κ3) is 8.23. The summed E-state index contributed by atoms with van der Waals surface area (Å²) in [6.07, 6.45) is 9.27. The maximum atomic E-state index is 8.44. The molecule has 0 fully saturated rings. The molecule has 0 unspecified atom stereocenters. The average molecular weight is 197 g/mol. The lowest BCUT2D eigenvalue weighted by atomic mass is 10.2. The third-order valence-electron chi connectivity index (χ3n) is 1.03. The van der Waals surface area contributed by atoms with Crippen molar-refractivity contribution in [1.29, 1.82) is 0 Å². The van der Waals surface area contributed by atoms with Crippen molar-refractivity contribution in [3.63, 3.8) is 0 Å². The van der Waals surface area contributed by atoms with Gasteiger partial charge in [0, 0.05) is 18.8 Å². The molecule has 1 aromatic heterocycles. The Morgan fingerprint density at radius 3 is 2.46 bits per heavy atom. The van der Waals surface area contributed by atoms with Gasteiger partial charge < -0.3 is 0 Å². The van der Waals surface area contributed by atoms with Crippen molar-refractivity contribution in [3.05, 3.63) is 30.1 Å². The predicted octanol–water partition coefficient (Wildman–Crippen LogP) is 0.253. The van der Waals surface area contributed by atoms with E-state index in [4.69, 9.17) is 19.1 Å². The normalized spacial score (nSPS) is 7.62. The largest absolute Gasteiger partial charge is 0.425 e. The van der Waals surface area contributed by atoms with Gasteiger partial charge in [-0.2, -0.15) is 0 Å². The second-order valence-electron chi connectivity index (χ2n) is 1.95. The molecule has 0 saturated carbocycles. The molecule has 1 rings (SSSR count). The standard InChI is InChI=1S/C8H7N.O3S/c1-2-4-8-5-3-6-9-7-8;1-4(2)3/h1,3,5-7H,4H2;.